The van der Waals surface area contributed by atoms with Crippen LogP contribution in [0.15, 0.2) is 36.4 Å². The molecule has 0 heterocycles. The monoisotopic (exact) mass is 371 g/mol. The second kappa shape index (κ2) is 7.35. The molecule has 0 spiro atoms. The van der Waals surface area contributed by atoms with Crippen molar-refractivity contribution in [1.82, 2.24) is 0 Å². The molecule has 1 atom stereocenters. The number of aryl methyl sites for hydroxylation is 1. The summed E-state index contributed by atoms with van der Waals surface area (Å²) in [6.07, 6.45) is -5.61. The molecule has 1 N–H and O–H groups in total. The van der Waals surface area contributed by atoms with Gasteiger partial charge in [0.15, 0.2) is 6.10 Å². The highest BCUT2D eigenvalue weighted by Gasteiger charge is 2.34. The molecule has 0 saturated heterocycles. The van der Waals surface area contributed by atoms with Crippen LogP contribution in [-0.4, -0.2) is 12.0 Å². The van der Waals surface area contributed by atoms with E-state index in [0.29, 0.717) is 5.75 Å². The molecule has 2 aromatic carbocycles. The number of anilines is 1. The first-order valence-electron chi connectivity index (χ1n) is 7.50. The van der Waals surface area contributed by atoms with Crippen LogP contribution in [0, 0.1) is 13.8 Å². The van der Waals surface area contributed by atoms with Crippen molar-refractivity contribution in [3.8, 4) is 5.75 Å². The van der Waals surface area contributed by atoms with E-state index in [0.717, 1.165) is 23.3 Å². The van der Waals surface area contributed by atoms with E-state index in [4.69, 9.17) is 16.3 Å². The molecule has 0 aliphatic rings. The lowest BCUT2D eigenvalue weighted by Gasteiger charge is -2.19. The fourth-order valence-electron chi connectivity index (χ4n) is 2.19. The van der Waals surface area contributed by atoms with Crippen LogP contribution in [0.4, 0.5) is 18.9 Å². The standard InChI is InChI=1S/C18H17ClF3NO2/c1-10-5-4-6-16(11(10)2)25-12(3)17(24)23-15-8-7-13(19)9-14(15)18(20,21)22/h4-9,12H,1-3H3,(H,23,24)/t12-/m1/s1. The topological polar surface area (TPSA) is 38.3 Å². The average molecular weight is 372 g/mol. The minimum Gasteiger partial charge on any atom is -0.481 e. The maximum Gasteiger partial charge on any atom is 0.418 e. The van der Waals surface area contributed by atoms with E-state index in [1.165, 1.54) is 13.0 Å². The Morgan fingerprint density at radius 1 is 1.20 bits per heavy atom. The van der Waals surface area contributed by atoms with Gasteiger partial charge in [0.2, 0.25) is 0 Å². The Balaban J connectivity index is 2.18. The van der Waals surface area contributed by atoms with Gasteiger partial charge < -0.3 is 10.1 Å². The van der Waals surface area contributed by atoms with E-state index >= 15 is 0 Å². The molecule has 0 radical (unpaired) electrons. The predicted molar refractivity (Wildman–Crippen MR) is 91.1 cm³/mol. The molecular weight excluding hydrogens is 355 g/mol. The maximum absolute atomic E-state index is 13.1. The minimum atomic E-state index is -4.63. The fraction of sp³-hybridized carbons (Fsp3) is 0.278. The van der Waals surface area contributed by atoms with Crippen molar-refractivity contribution in [2.45, 2.75) is 33.1 Å². The number of rotatable bonds is 4. The largest absolute Gasteiger partial charge is 0.481 e. The quantitative estimate of drug-likeness (QED) is 0.783. The summed E-state index contributed by atoms with van der Waals surface area (Å²) in [5.74, 6) is -0.177. The molecule has 0 aromatic heterocycles. The van der Waals surface area contributed by atoms with Crippen molar-refractivity contribution in [2.24, 2.45) is 0 Å². The van der Waals surface area contributed by atoms with Gasteiger partial charge in [-0.3, -0.25) is 4.79 Å². The van der Waals surface area contributed by atoms with Crippen LogP contribution in [0.1, 0.15) is 23.6 Å². The molecule has 0 aliphatic carbocycles. The van der Waals surface area contributed by atoms with Gasteiger partial charge in [-0.2, -0.15) is 13.2 Å². The molecule has 0 aliphatic heterocycles. The van der Waals surface area contributed by atoms with Crippen LogP contribution in [-0.2, 0) is 11.0 Å². The molecule has 25 heavy (non-hydrogen) atoms. The first-order valence-corrected chi connectivity index (χ1v) is 7.88. The van der Waals surface area contributed by atoms with E-state index < -0.39 is 23.8 Å². The first kappa shape index (κ1) is 19.1. The summed E-state index contributed by atoms with van der Waals surface area (Å²) in [5.41, 5.74) is 0.484. The van der Waals surface area contributed by atoms with E-state index in [1.807, 2.05) is 19.9 Å². The van der Waals surface area contributed by atoms with E-state index in [-0.39, 0.29) is 10.7 Å². The highest BCUT2D eigenvalue weighted by Crippen LogP contribution is 2.36. The molecular formula is C18H17ClF3NO2. The summed E-state index contributed by atoms with van der Waals surface area (Å²) >= 11 is 5.62. The number of carbonyl (C=O) groups is 1. The van der Waals surface area contributed by atoms with Crippen molar-refractivity contribution in [3.63, 3.8) is 0 Å². The lowest BCUT2D eigenvalue weighted by atomic mass is 10.1. The number of nitrogens with one attached hydrogen (secondary N) is 1. The van der Waals surface area contributed by atoms with Crippen LogP contribution in [0.5, 0.6) is 5.75 Å². The Morgan fingerprint density at radius 3 is 2.52 bits per heavy atom. The number of benzene rings is 2. The van der Waals surface area contributed by atoms with Crippen molar-refractivity contribution < 1.29 is 22.7 Å². The van der Waals surface area contributed by atoms with Gasteiger partial charge >= 0.3 is 6.18 Å². The van der Waals surface area contributed by atoms with Crippen molar-refractivity contribution in [2.75, 3.05) is 5.32 Å². The molecule has 0 bridgehead atoms. The van der Waals surface area contributed by atoms with Crippen molar-refractivity contribution in [3.05, 3.63) is 58.1 Å². The van der Waals surface area contributed by atoms with Gasteiger partial charge in [0.1, 0.15) is 5.75 Å². The van der Waals surface area contributed by atoms with E-state index in [1.54, 1.807) is 12.1 Å². The predicted octanol–water partition coefficient (Wildman–Crippen LogP) is 5.38. The third-order valence-corrected chi connectivity index (χ3v) is 4.01. The molecule has 2 rings (SSSR count). The molecule has 3 nitrogen and oxygen atoms in total. The van der Waals surface area contributed by atoms with Crippen LogP contribution in [0.3, 0.4) is 0 Å². The Hall–Kier alpha value is -2.21. The smallest absolute Gasteiger partial charge is 0.418 e. The Bertz CT molecular complexity index is 790. The number of halogens is 4. The highest BCUT2D eigenvalue weighted by molar-refractivity contribution is 6.30. The summed E-state index contributed by atoms with van der Waals surface area (Å²) in [5, 5.41) is 2.19. The molecule has 7 heteroatoms. The van der Waals surface area contributed by atoms with Crippen LogP contribution in [0.2, 0.25) is 5.02 Å². The first-order chi connectivity index (χ1) is 11.6. The molecule has 1 amide bonds. The zero-order valence-corrected chi connectivity index (χ0v) is 14.6. The van der Waals surface area contributed by atoms with Crippen LogP contribution in [0.25, 0.3) is 0 Å². The van der Waals surface area contributed by atoms with Gasteiger partial charge in [0, 0.05) is 5.02 Å². The number of alkyl halides is 3. The SMILES string of the molecule is Cc1cccc(O[C@H](C)C(=O)Nc2ccc(Cl)cc2C(F)(F)F)c1C. The van der Waals surface area contributed by atoms with Gasteiger partial charge in [-0.25, -0.2) is 0 Å². The highest BCUT2D eigenvalue weighted by atomic mass is 35.5. The second-order valence-corrected chi connectivity index (χ2v) is 6.07. The van der Waals surface area contributed by atoms with Crippen LogP contribution >= 0.6 is 11.6 Å². The zero-order valence-electron chi connectivity index (χ0n) is 13.9. The number of carbonyl (C=O) groups excluding carboxylic acids is 1. The Kier molecular flexibility index (Phi) is 5.62. The van der Waals surface area contributed by atoms with Crippen LogP contribution < -0.4 is 10.1 Å². The summed E-state index contributed by atoms with van der Waals surface area (Å²) < 4.78 is 44.8. The van der Waals surface area contributed by atoms with Gasteiger partial charge in [0.05, 0.1) is 11.3 Å². The molecule has 2 aromatic rings. The normalized spacial score (nSPS) is 12.6. The third-order valence-electron chi connectivity index (χ3n) is 3.77. The third kappa shape index (κ3) is 4.66. The summed E-state index contributed by atoms with van der Waals surface area (Å²) in [6.45, 7) is 5.22. The van der Waals surface area contributed by atoms with E-state index in [9.17, 15) is 18.0 Å². The van der Waals surface area contributed by atoms with Gasteiger partial charge in [-0.15, -0.1) is 0 Å². The Morgan fingerprint density at radius 2 is 1.88 bits per heavy atom. The maximum atomic E-state index is 13.1. The summed E-state index contributed by atoms with van der Waals surface area (Å²) in [4.78, 5) is 12.2. The second-order valence-electron chi connectivity index (χ2n) is 5.64. The number of amides is 1. The minimum absolute atomic E-state index is 0.0648. The number of hydrogen-bond donors (Lipinski definition) is 1. The lowest BCUT2D eigenvalue weighted by Crippen LogP contribution is -2.31. The summed E-state index contributed by atoms with van der Waals surface area (Å²) in [7, 11) is 0. The van der Waals surface area contributed by atoms with Gasteiger partial charge in [-0.05, 0) is 56.2 Å². The number of ether oxygens (including phenoxy) is 1. The Labute approximate surface area is 148 Å². The molecule has 0 saturated carbocycles. The average Bonchev–Trinajstić information content (AvgIpc) is 2.52. The van der Waals surface area contributed by atoms with Crippen molar-refractivity contribution >= 4 is 23.2 Å². The zero-order chi connectivity index (χ0) is 18.8. The summed E-state index contributed by atoms with van der Waals surface area (Å²) in [6, 6.07) is 8.55. The lowest BCUT2D eigenvalue weighted by molar-refractivity contribution is -0.137. The molecule has 0 fully saturated rings. The van der Waals surface area contributed by atoms with E-state index in [2.05, 4.69) is 5.32 Å². The molecule has 134 valence electrons. The molecule has 0 unspecified atom stereocenters. The number of hydrogen-bond acceptors (Lipinski definition) is 2. The van der Waals surface area contributed by atoms with Gasteiger partial charge in [-0.1, -0.05) is 23.7 Å². The van der Waals surface area contributed by atoms with Crippen molar-refractivity contribution in [1.29, 1.82) is 0 Å². The van der Waals surface area contributed by atoms with Gasteiger partial charge in [0.25, 0.3) is 5.91 Å². The fourth-order valence-corrected chi connectivity index (χ4v) is 2.36.